The smallest absolute Gasteiger partial charge is 0.481 e. The van der Waals surface area contributed by atoms with Crippen LogP contribution in [-0.4, -0.2) is 129 Å². The number of carboxylic acids is 1. The molecule has 0 radical (unpaired) electrons. The number of carbonyl (C=O) groups is 4. The van der Waals surface area contributed by atoms with Crippen LogP contribution in [0.3, 0.4) is 0 Å². The minimum Gasteiger partial charge on any atom is -0.481 e. The van der Waals surface area contributed by atoms with Crippen molar-refractivity contribution in [1.82, 2.24) is 30.2 Å². The maximum absolute atomic E-state index is 13.0. The van der Waals surface area contributed by atoms with Crippen LogP contribution < -0.4 is 16.4 Å². The fourth-order valence-electron chi connectivity index (χ4n) is 7.86. The lowest BCUT2D eigenvalue weighted by atomic mass is 9.81. The molecule has 0 saturated carbocycles. The molecule has 1 aliphatic rings. The lowest BCUT2D eigenvalue weighted by molar-refractivity contribution is -0.147. The second kappa shape index (κ2) is 26.8. The summed E-state index contributed by atoms with van der Waals surface area (Å²) in [6.45, 7) is 7.58. The number of nitrogen functional groups attached to an aromatic ring is 1. The Balaban J connectivity index is 1.11. The second-order valence-electron chi connectivity index (χ2n) is 20.3. The number of aryl methyl sites for hydroxylation is 2. The molecule has 3 heterocycles. The number of ether oxygens (including phenoxy) is 1. The summed E-state index contributed by atoms with van der Waals surface area (Å²) in [6.07, 6.45) is 2.02. The number of ketones is 1. The van der Waals surface area contributed by atoms with Crippen molar-refractivity contribution in [2.45, 2.75) is 149 Å². The highest BCUT2D eigenvalue weighted by Gasteiger charge is 2.50. The molecule has 3 aromatic rings. The van der Waals surface area contributed by atoms with Gasteiger partial charge in [-0.05, 0) is 63.5 Å². The zero-order valence-corrected chi connectivity index (χ0v) is 45.1. The number of fused-ring (bicyclic) bond motifs is 1. The largest absolute Gasteiger partial charge is 0.481 e. The van der Waals surface area contributed by atoms with Gasteiger partial charge in [0.25, 0.3) is 0 Å². The first-order valence-electron chi connectivity index (χ1n) is 24.1. The van der Waals surface area contributed by atoms with Crippen LogP contribution in [0.4, 0.5) is 5.82 Å². The summed E-state index contributed by atoms with van der Waals surface area (Å²) >= 11 is 0. The topological polar surface area (TPSA) is 401 Å². The van der Waals surface area contributed by atoms with Gasteiger partial charge in [0, 0.05) is 36.8 Å². The molecule has 0 aliphatic carbocycles. The van der Waals surface area contributed by atoms with E-state index in [0.29, 0.717) is 12.8 Å². The highest BCUT2D eigenvalue weighted by atomic mass is 31.3. The van der Waals surface area contributed by atoms with E-state index in [2.05, 4.69) is 58.7 Å². The van der Waals surface area contributed by atoms with Gasteiger partial charge < -0.3 is 56.0 Å². The summed E-state index contributed by atoms with van der Waals surface area (Å²) < 4.78 is 62.6. The lowest BCUT2D eigenvalue weighted by Gasteiger charge is -2.30. The van der Waals surface area contributed by atoms with Crippen LogP contribution in [0.5, 0.6) is 0 Å². The number of carboxylic acid groups (broad SMARTS) is 1. The van der Waals surface area contributed by atoms with Crippen LogP contribution in [-0.2, 0) is 68.3 Å². The van der Waals surface area contributed by atoms with E-state index in [1.807, 2.05) is 13.8 Å². The fraction of sp³-hybridized carbons (Fsp3) is 0.667. The first kappa shape index (κ1) is 62.4. The third-order valence-corrected chi connectivity index (χ3v) is 15.7. The molecular formula is C45H72N7O19P3. The Morgan fingerprint density at radius 3 is 1.99 bits per heavy atom. The number of benzene rings is 1. The van der Waals surface area contributed by atoms with Gasteiger partial charge in [-0.25, -0.2) is 28.6 Å². The van der Waals surface area contributed by atoms with E-state index in [1.54, 1.807) is 13.8 Å². The van der Waals surface area contributed by atoms with Crippen LogP contribution in [0.2, 0.25) is 0 Å². The third-order valence-electron chi connectivity index (χ3n) is 12.6. The SMILES string of the molecule is CC(C)(CCCCCCc1ccc(CCCCC(C)(C)C(=O)CCNC(=O)CCNC(=O)C(O)C(C)(C)COP(=O)(O)OP(=O)(O)OCC2OC(n3cnc4c(N)ncnc43)C(O)C2OP(=O)(O)O)cc1)C(=O)O. The molecular weight excluding hydrogens is 1040 g/mol. The molecule has 26 nitrogen and oxygen atoms in total. The Bertz CT molecular complexity index is 2520. The quantitative estimate of drug-likeness (QED) is 0.0298. The molecule has 2 amide bonds. The average Bonchev–Trinajstić information content (AvgIpc) is 3.87. The lowest BCUT2D eigenvalue weighted by Crippen LogP contribution is -2.46. The van der Waals surface area contributed by atoms with Gasteiger partial charge >= 0.3 is 29.4 Å². The number of Topliss-reactive ketones (excluding diaryl/α,β-unsaturated/α-hetero) is 1. The number of hydrogen-bond donors (Lipinski definition) is 10. The number of aromatic nitrogens is 4. The van der Waals surface area contributed by atoms with Gasteiger partial charge in [0.2, 0.25) is 11.8 Å². The first-order chi connectivity index (χ1) is 34.3. The highest BCUT2D eigenvalue weighted by molar-refractivity contribution is 7.61. The number of amides is 2. The monoisotopic (exact) mass is 1110 g/mol. The molecule has 1 aliphatic heterocycles. The Morgan fingerprint density at radius 1 is 0.797 bits per heavy atom. The Morgan fingerprint density at radius 2 is 1.36 bits per heavy atom. The highest BCUT2D eigenvalue weighted by Crippen LogP contribution is 2.61. The minimum atomic E-state index is -5.60. The molecule has 7 unspecified atom stereocenters. The number of anilines is 1. The third kappa shape index (κ3) is 19.5. The van der Waals surface area contributed by atoms with Crippen LogP contribution in [0, 0.1) is 16.2 Å². The van der Waals surface area contributed by atoms with E-state index in [1.165, 1.54) is 25.0 Å². The summed E-state index contributed by atoms with van der Waals surface area (Å²) in [4.78, 5) is 101. The van der Waals surface area contributed by atoms with Gasteiger partial charge in [-0.1, -0.05) is 77.6 Å². The number of carbonyl (C=O) groups excluding carboxylic acids is 3. The summed E-state index contributed by atoms with van der Waals surface area (Å²) in [7, 11) is -16.5. The van der Waals surface area contributed by atoms with E-state index >= 15 is 0 Å². The van der Waals surface area contributed by atoms with Crippen molar-refractivity contribution < 1.29 is 90.4 Å². The number of imidazole rings is 1. The van der Waals surface area contributed by atoms with Crippen molar-refractivity contribution in [2.24, 2.45) is 16.2 Å². The summed E-state index contributed by atoms with van der Waals surface area (Å²) in [6, 6.07) is 8.57. The predicted octanol–water partition coefficient (Wildman–Crippen LogP) is 4.41. The number of phosphoric ester groups is 3. The molecule has 1 aromatic carbocycles. The van der Waals surface area contributed by atoms with E-state index < -0.39 is 101 Å². The number of hydrogen-bond acceptors (Lipinski definition) is 18. The number of aliphatic hydroxyl groups is 2. The molecule has 1 fully saturated rings. The molecule has 0 bridgehead atoms. The molecule has 74 heavy (non-hydrogen) atoms. The van der Waals surface area contributed by atoms with Crippen LogP contribution in [0.15, 0.2) is 36.9 Å². The molecule has 4 rings (SSSR count). The number of phosphoric acid groups is 3. The standard InChI is InChI=1S/C45H72N7O19P3/c1-43(2,21-12-10-14-30-17-15-29(16-18-30)13-9-7-8-11-22-44(3,4)42(58)59)32(53)19-23-47-33(54)20-24-48-40(57)37(56)45(5,6)26-68-74(65,66)71-73(63,64)67-25-31-36(70-72(60,61)62)35(55)41(69-31)52-28-51-34-38(46)49-27-50-39(34)52/h15-18,27-28,31,35-37,41,55-56H,7-14,19-26H2,1-6H3,(H,47,54)(H,48,57)(H,58,59)(H,63,64)(H,65,66)(H2,46,49,50)(H2,60,61,62). The predicted molar refractivity (Wildman–Crippen MR) is 265 cm³/mol. The molecule has 0 spiro atoms. The summed E-state index contributed by atoms with van der Waals surface area (Å²) in [5.74, 6) is -2.29. The number of unbranched alkanes of at least 4 members (excludes halogenated alkanes) is 4. The van der Waals surface area contributed by atoms with Crippen molar-refractivity contribution in [1.29, 1.82) is 0 Å². The van der Waals surface area contributed by atoms with Crippen LogP contribution in [0.25, 0.3) is 11.2 Å². The molecule has 7 atom stereocenters. The maximum Gasteiger partial charge on any atom is 0.481 e. The maximum atomic E-state index is 13.0. The number of nitrogens with two attached hydrogens (primary N) is 1. The number of rotatable bonds is 33. The van der Waals surface area contributed by atoms with Crippen LogP contribution in [0.1, 0.15) is 123 Å². The zero-order chi connectivity index (χ0) is 55.3. The normalized spacial score (nSPS) is 19.7. The molecule has 1 saturated heterocycles. The number of aliphatic carboxylic acids is 1. The van der Waals surface area contributed by atoms with E-state index in [0.717, 1.165) is 68.6 Å². The van der Waals surface area contributed by atoms with Crippen molar-refractivity contribution >= 4 is 64.0 Å². The number of aliphatic hydroxyl groups excluding tert-OH is 2. The van der Waals surface area contributed by atoms with Gasteiger partial charge in [0.05, 0.1) is 25.0 Å². The van der Waals surface area contributed by atoms with E-state index in [4.69, 9.17) is 19.5 Å². The zero-order valence-electron chi connectivity index (χ0n) is 42.4. The van der Waals surface area contributed by atoms with Gasteiger partial charge in [0.15, 0.2) is 17.7 Å². The molecule has 416 valence electrons. The summed E-state index contributed by atoms with van der Waals surface area (Å²) in [5, 5.41) is 35.9. The number of nitrogens with one attached hydrogen (secondary N) is 2. The van der Waals surface area contributed by atoms with Crippen molar-refractivity contribution in [2.75, 3.05) is 32.0 Å². The molecule has 2 aromatic heterocycles. The summed E-state index contributed by atoms with van der Waals surface area (Å²) in [5.41, 5.74) is 5.44. The van der Waals surface area contributed by atoms with Crippen molar-refractivity contribution in [3.05, 3.63) is 48.0 Å². The Hall–Kier alpha value is -4.10. The second-order valence-corrected chi connectivity index (χ2v) is 24.5. The Kier molecular flexibility index (Phi) is 22.6. The van der Waals surface area contributed by atoms with Gasteiger partial charge in [-0.2, -0.15) is 4.31 Å². The fourth-order valence-corrected chi connectivity index (χ4v) is 10.7. The van der Waals surface area contributed by atoms with Crippen LogP contribution >= 0.6 is 23.5 Å². The average molecular weight is 1110 g/mol. The number of nitrogens with zero attached hydrogens (tertiary/aromatic N) is 4. The first-order valence-corrected chi connectivity index (χ1v) is 28.6. The van der Waals surface area contributed by atoms with Crippen molar-refractivity contribution in [3.8, 4) is 0 Å². The van der Waals surface area contributed by atoms with E-state index in [9.17, 15) is 67.8 Å². The van der Waals surface area contributed by atoms with Gasteiger partial charge in [-0.15, -0.1) is 0 Å². The van der Waals surface area contributed by atoms with Gasteiger partial charge in [-0.3, -0.25) is 37.3 Å². The molecule has 11 N–H and O–H groups in total. The van der Waals surface area contributed by atoms with Gasteiger partial charge in [0.1, 0.15) is 42.0 Å². The Labute approximate surface area is 429 Å². The molecule has 29 heteroatoms. The van der Waals surface area contributed by atoms with Crippen molar-refractivity contribution in [3.63, 3.8) is 0 Å². The minimum absolute atomic E-state index is 0.0120. The van der Waals surface area contributed by atoms with E-state index in [-0.39, 0.29) is 48.7 Å².